The van der Waals surface area contributed by atoms with Crippen molar-refractivity contribution in [2.24, 2.45) is 0 Å². The van der Waals surface area contributed by atoms with Crippen LogP contribution in [0.3, 0.4) is 0 Å². The maximum atomic E-state index is 5.97. The standard InChI is InChI=1S/C14H22O2Si/c1-12(13-10-8-7-9-11-13)15-17(5,6)16-14(2,3)4/h7-11H,1H2,2-6H3. The molecule has 2 nitrogen and oxygen atoms in total. The predicted molar refractivity (Wildman–Crippen MR) is 74.9 cm³/mol. The van der Waals surface area contributed by atoms with E-state index in [0.29, 0.717) is 5.76 Å². The molecule has 3 heteroatoms. The van der Waals surface area contributed by atoms with E-state index >= 15 is 0 Å². The third-order valence-corrected chi connectivity index (χ3v) is 3.86. The first kappa shape index (κ1) is 14.0. The van der Waals surface area contributed by atoms with Crippen LogP contribution in [0.4, 0.5) is 0 Å². The van der Waals surface area contributed by atoms with Crippen LogP contribution < -0.4 is 0 Å². The number of rotatable bonds is 4. The van der Waals surface area contributed by atoms with Crippen molar-refractivity contribution in [3.8, 4) is 0 Å². The van der Waals surface area contributed by atoms with Gasteiger partial charge in [0.2, 0.25) is 0 Å². The topological polar surface area (TPSA) is 18.5 Å². The third kappa shape index (κ3) is 5.19. The molecule has 0 aliphatic rings. The van der Waals surface area contributed by atoms with Crippen molar-refractivity contribution in [2.45, 2.75) is 39.5 Å². The SMILES string of the molecule is C=C(O[Si](C)(C)OC(C)(C)C)c1ccccc1. The average Bonchev–Trinajstić information content (AvgIpc) is 2.14. The predicted octanol–water partition coefficient (Wildman–Crippen LogP) is 4.19. The smallest absolute Gasteiger partial charge is 0.392 e. The maximum absolute atomic E-state index is 5.97. The number of benzene rings is 1. The Labute approximate surface area is 106 Å². The van der Waals surface area contributed by atoms with Crippen molar-refractivity contribution in [2.75, 3.05) is 0 Å². The molecule has 0 spiro atoms. The van der Waals surface area contributed by atoms with Crippen molar-refractivity contribution < 1.29 is 8.85 Å². The molecule has 0 saturated heterocycles. The second-order valence-electron chi connectivity index (χ2n) is 5.51. The van der Waals surface area contributed by atoms with Gasteiger partial charge < -0.3 is 8.85 Å². The zero-order valence-corrected chi connectivity index (χ0v) is 12.4. The van der Waals surface area contributed by atoms with Crippen molar-refractivity contribution in [1.29, 1.82) is 0 Å². The molecule has 0 aromatic heterocycles. The monoisotopic (exact) mass is 250 g/mol. The summed E-state index contributed by atoms with van der Waals surface area (Å²) in [6.07, 6.45) is 0. The van der Waals surface area contributed by atoms with E-state index in [4.69, 9.17) is 8.85 Å². The van der Waals surface area contributed by atoms with Crippen LogP contribution in [0.25, 0.3) is 5.76 Å². The first-order valence-electron chi connectivity index (χ1n) is 5.83. The van der Waals surface area contributed by atoms with Gasteiger partial charge in [0, 0.05) is 5.56 Å². The molecule has 1 rings (SSSR count). The Morgan fingerprint density at radius 2 is 1.65 bits per heavy atom. The summed E-state index contributed by atoms with van der Waals surface area (Å²) in [7, 11) is -2.18. The van der Waals surface area contributed by atoms with Crippen molar-refractivity contribution in [1.82, 2.24) is 0 Å². The van der Waals surface area contributed by atoms with Gasteiger partial charge in [-0.2, -0.15) is 0 Å². The highest BCUT2D eigenvalue weighted by atomic mass is 28.4. The highest BCUT2D eigenvalue weighted by Gasteiger charge is 2.32. The van der Waals surface area contributed by atoms with Gasteiger partial charge in [0.05, 0.1) is 5.60 Å². The molecule has 0 saturated carbocycles. The van der Waals surface area contributed by atoms with E-state index < -0.39 is 8.56 Å². The van der Waals surface area contributed by atoms with Crippen LogP contribution in [0, 0.1) is 0 Å². The first-order chi connectivity index (χ1) is 7.70. The zero-order chi connectivity index (χ0) is 13.1. The highest BCUT2D eigenvalue weighted by molar-refractivity contribution is 6.65. The van der Waals surface area contributed by atoms with Crippen LogP contribution >= 0.6 is 0 Å². The minimum atomic E-state index is -2.18. The van der Waals surface area contributed by atoms with Crippen LogP contribution in [0.15, 0.2) is 36.9 Å². The van der Waals surface area contributed by atoms with Crippen molar-refractivity contribution in [3.05, 3.63) is 42.5 Å². The number of hydrogen-bond acceptors (Lipinski definition) is 2. The largest absolute Gasteiger partial charge is 0.520 e. The molecule has 0 unspecified atom stereocenters. The Morgan fingerprint density at radius 1 is 1.12 bits per heavy atom. The molecule has 0 radical (unpaired) electrons. The van der Waals surface area contributed by atoms with E-state index in [1.807, 2.05) is 64.2 Å². The zero-order valence-electron chi connectivity index (χ0n) is 11.4. The van der Waals surface area contributed by atoms with E-state index in [2.05, 4.69) is 6.58 Å². The lowest BCUT2D eigenvalue weighted by atomic mass is 10.2. The van der Waals surface area contributed by atoms with Gasteiger partial charge in [-0.05, 0) is 33.9 Å². The molecule has 0 amide bonds. The van der Waals surface area contributed by atoms with E-state index in [9.17, 15) is 0 Å². The van der Waals surface area contributed by atoms with E-state index in [-0.39, 0.29) is 5.60 Å². The molecule has 1 aromatic rings. The van der Waals surface area contributed by atoms with Gasteiger partial charge in [0.25, 0.3) is 0 Å². The van der Waals surface area contributed by atoms with Gasteiger partial charge in [-0.15, -0.1) is 0 Å². The molecular weight excluding hydrogens is 228 g/mol. The molecule has 1 aromatic carbocycles. The van der Waals surface area contributed by atoms with E-state index in [1.165, 1.54) is 0 Å². The maximum Gasteiger partial charge on any atom is 0.392 e. The quantitative estimate of drug-likeness (QED) is 0.589. The Morgan fingerprint density at radius 3 is 2.12 bits per heavy atom. The molecule has 0 bridgehead atoms. The summed E-state index contributed by atoms with van der Waals surface area (Å²) in [4.78, 5) is 0. The molecule has 0 atom stereocenters. The molecular formula is C14H22O2Si. The van der Waals surface area contributed by atoms with Crippen LogP contribution in [0.2, 0.25) is 13.1 Å². The Hall–Kier alpha value is -1.06. The van der Waals surface area contributed by atoms with Gasteiger partial charge in [-0.1, -0.05) is 36.9 Å². The second-order valence-corrected chi connectivity index (χ2v) is 8.71. The third-order valence-electron chi connectivity index (χ3n) is 2.02. The summed E-state index contributed by atoms with van der Waals surface area (Å²) in [5.74, 6) is 0.687. The van der Waals surface area contributed by atoms with Gasteiger partial charge >= 0.3 is 8.56 Å². The summed E-state index contributed by atoms with van der Waals surface area (Å²) >= 11 is 0. The van der Waals surface area contributed by atoms with Gasteiger partial charge in [0.1, 0.15) is 5.76 Å². The van der Waals surface area contributed by atoms with Crippen LogP contribution in [-0.2, 0) is 8.85 Å². The van der Waals surface area contributed by atoms with Crippen molar-refractivity contribution in [3.63, 3.8) is 0 Å². The molecule has 0 fully saturated rings. The van der Waals surface area contributed by atoms with Crippen LogP contribution in [-0.4, -0.2) is 14.2 Å². The lowest BCUT2D eigenvalue weighted by molar-refractivity contribution is 0.0896. The summed E-state index contributed by atoms with van der Waals surface area (Å²) < 4.78 is 11.9. The van der Waals surface area contributed by atoms with Crippen molar-refractivity contribution >= 4 is 14.3 Å². The summed E-state index contributed by atoms with van der Waals surface area (Å²) in [6, 6.07) is 9.91. The van der Waals surface area contributed by atoms with Crippen LogP contribution in [0.5, 0.6) is 0 Å². The summed E-state index contributed by atoms with van der Waals surface area (Å²) in [6.45, 7) is 14.2. The molecule has 0 aliphatic heterocycles. The fraction of sp³-hybridized carbons (Fsp3) is 0.429. The normalized spacial score (nSPS) is 12.3. The summed E-state index contributed by atoms with van der Waals surface area (Å²) in [5.41, 5.74) is 0.817. The Kier molecular flexibility index (Phi) is 4.17. The summed E-state index contributed by atoms with van der Waals surface area (Å²) in [5, 5.41) is 0. The minimum Gasteiger partial charge on any atom is -0.520 e. The fourth-order valence-electron chi connectivity index (χ4n) is 1.74. The van der Waals surface area contributed by atoms with Gasteiger partial charge in [-0.25, -0.2) is 0 Å². The van der Waals surface area contributed by atoms with Crippen LogP contribution in [0.1, 0.15) is 26.3 Å². The number of hydrogen-bond donors (Lipinski definition) is 0. The first-order valence-corrected chi connectivity index (χ1v) is 8.65. The molecule has 17 heavy (non-hydrogen) atoms. The molecule has 94 valence electrons. The molecule has 0 N–H and O–H groups in total. The van der Waals surface area contributed by atoms with Gasteiger partial charge in [-0.3, -0.25) is 0 Å². The van der Waals surface area contributed by atoms with E-state index in [1.54, 1.807) is 0 Å². The minimum absolute atomic E-state index is 0.188. The average molecular weight is 250 g/mol. The Balaban J connectivity index is 2.69. The molecule has 0 aliphatic carbocycles. The van der Waals surface area contributed by atoms with Gasteiger partial charge in [0.15, 0.2) is 0 Å². The highest BCUT2D eigenvalue weighted by Crippen LogP contribution is 2.23. The lowest BCUT2D eigenvalue weighted by Crippen LogP contribution is -2.41. The Bertz CT molecular complexity index is 377. The second kappa shape index (κ2) is 5.06. The fourth-order valence-corrected chi connectivity index (χ4v) is 3.97. The van der Waals surface area contributed by atoms with E-state index in [0.717, 1.165) is 5.56 Å². The lowest BCUT2D eigenvalue weighted by Gasteiger charge is -2.32. The molecule has 0 heterocycles.